The van der Waals surface area contributed by atoms with Gasteiger partial charge in [-0.3, -0.25) is 4.79 Å². The van der Waals surface area contributed by atoms with Crippen molar-refractivity contribution in [3.8, 4) is 0 Å². The van der Waals surface area contributed by atoms with Crippen LogP contribution in [0.4, 0.5) is 0 Å². The highest BCUT2D eigenvalue weighted by atomic mass is 16.4. The van der Waals surface area contributed by atoms with E-state index in [0.29, 0.717) is 17.0 Å². The Hall–Kier alpha value is -2.04. The second kappa shape index (κ2) is 6.22. The normalized spacial score (nSPS) is 13.4. The SMILES string of the molecule is CC(C)C(C)N(C)C(=O)c1cccc(/C(N)=N/O)c1. The van der Waals surface area contributed by atoms with Gasteiger partial charge in [0.2, 0.25) is 0 Å². The van der Waals surface area contributed by atoms with E-state index in [4.69, 9.17) is 10.9 Å². The van der Waals surface area contributed by atoms with Crippen molar-refractivity contribution in [1.29, 1.82) is 0 Å². The van der Waals surface area contributed by atoms with Gasteiger partial charge < -0.3 is 15.8 Å². The van der Waals surface area contributed by atoms with Gasteiger partial charge in [0.1, 0.15) is 0 Å². The minimum atomic E-state index is -0.0752. The van der Waals surface area contributed by atoms with E-state index in [1.54, 1.807) is 36.2 Å². The van der Waals surface area contributed by atoms with E-state index in [2.05, 4.69) is 19.0 Å². The molecule has 1 aromatic rings. The smallest absolute Gasteiger partial charge is 0.253 e. The largest absolute Gasteiger partial charge is 0.409 e. The van der Waals surface area contributed by atoms with E-state index in [1.807, 2.05) is 6.92 Å². The van der Waals surface area contributed by atoms with E-state index in [0.717, 1.165) is 0 Å². The highest BCUT2D eigenvalue weighted by Gasteiger charge is 2.20. The Morgan fingerprint density at radius 2 is 1.89 bits per heavy atom. The number of amidine groups is 1. The van der Waals surface area contributed by atoms with Crippen molar-refractivity contribution < 1.29 is 10.0 Å². The second-order valence-electron chi connectivity index (χ2n) is 4.97. The molecule has 1 amide bonds. The van der Waals surface area contributed by atoms with Crippen LogP contribution in [-0.4, -0.2) is 34.9 Å². The summed E-state index contributed by atoms with van der Waals surface area (Å²) in [6, 6.07) is 6.90. The number of hydrogen-bond acceptors (Lipinski definition) is 3. The van der Waals surface area contributed by atoms with Crippen molar-refractivity contribution in [2.75, 3.05) is 7.05 Å². The van der Waals surface area contributed by atoms with Gasteiger partial charge in [0, 0.05) is 24.2 Å². The topological polar surface area (TPSA) is 78.9 Å². The van der Waals surface area contributed by atoms with Crippen LogP contribution in [0.25, 0.3) is 0 Å². The van der Waals surface area contributed by atoms with Gasteiger partial charge in [-0.05, 0) is 25.0 Å². The third-order valence-electron chi connectivity index (χ3n) is 3.41. The van der Waals surface area contributed by atoms with Gasteiger partial charge in [-0.1, -0.05) is 31.1 Å². The number of nitrogens with zero attached hydrogens (tertiary/aromatic N) is 2. The minimum Gasteiger partial charge on any atom is -0.409 e. The molecule has 0 aliphatic heterocycles. The maximum atomic E-state index is 12.3. The molecular weight excluding hydrogens is 242 g/mol. The molecule has 3 N–H and O–H groups in total. The van der Waals surface area contributed by atoms with E-state index in [-0.39, 0.29) is 17.8 Å². The molecule has 1 aromatic carbocycles. The average Bonchev–Trinajstić information content (AvgIpc) is 2.43. The lowest BCUT2D eigenvalue weighted by Gasteiger charge is -2.28. The summed E-state index contributed by atoms with van der Waals surface area (Å²) in [6.45, 7) is 6.15. The molecule has 0 radical (unpaired) electrons. The van der Waals surface area contributed by atoms with Crippen LogP contribution in [0.15, 0.2) is 29.4 Å². The third kappa shape index (κ3) is 3.47. The van der Waals surface area contributed by atoms with Gasteiger partial charge in [-0.15, -0.1) is 0 Å². The molecule has 0 heterocycles. The van der Waals surface area contributed by atoms with Crippen LogP contribution < -0.4 is 5.73 Å². The molecular formula is C14H21N3O2. The van der Waals surface area contributed by atoms with E-state index in [9.17, 15) is 4.79 Å². The van der Waals surface area contributed by atoms with Crippen LogP contribution in [-0.2, 0) is 0 Å². The number of benzene rings is 1. The molecule has 0 bridgehead atoms. The average molecular weight is 263 g/mol. The quantitative estimate of drug-likeness (QED) is 0.377. The monoisotopic (exact) mass is 263 g/mol. The molecule has 1 rings (SSSR count). The predicted molar refractivity (Wildman–Crippen MR) is 75.3 cm³/mol. The molecule has 0 saturated heterocycles. The summed E-state index contributed by atoms with van der Waals surface area (Å²) in [5, 5.41) is 11.6. The first kappa shape index (κ1) is 15.0. The Morgan fingerprint density at radius 1 is 1.32 bits per heavy atom. The summed E-state index contributed by atoms with van der Waals surface area (Å²) in [5.74, 6) is 0.296. The van der Waals surface area contributed by atoms with Gasteiger partial charge in [0.15, 0.2) is 5.84 Å². The molecule has 0 aromatic heterocycles. The van der Waals surface area contributed by atoms with Crippen molar-refractivity contribution >= 4 is 11.7 Å². The summed E-state index contributed by atoms with van der Waals surface area (Å²) >= 11 is 0. The lowest BCUT2D eigenvalue weighted by Crippen LogP contribution is -2.38. The van der Waals surface area contributed by atoms with Crippen molar-refractivity contribution in [2.24, 2.45) is 16.8 Å². The number of amides is 1. The van der Waals surface area contributed by atoms with Crippen molar-refractivity contribution in [3.05, 3.63) is 35.4 Å². The molecule has 1 unspecified atom stereocenters. The van der Waals surface area contributed by atoms with Crippen molar-refractivity contribution in [1.82, 2.24) is 4.90 Å². The molecule has 0 aliphatic carbocycles. The van der Waals surface area contributed by atoms with Crippen LogP contribution in [0.2, 0.25) is 0 Å². The summed E-state index contributed by atoms with van der Waals surface area (Å²) < 4.78 is 0. The first-order valence-corrected chi connectivity index (χ1v) is 6.23. The first-order chi connectivity index (χ1) is 8.88. The van der Waals surface area contributed by atoms with Gasteiger partial charge in [0.25, 0.3) is 5.91 Å². The highest BCUT2D eigenvalue weighted by molar-refractivity contribution is 6.01. The highest BCUT2D eigenvalue weighted by Crippen LogP contribution is 2.13. The van der Waals surface area contributed by atoms with Crippen LogP contribution in [0.3, 0.4) is 0 Å². The molecule has 0 spiro atoms. The zero-order valence-electron chi connectivity index (χ0n) is 11.8. The Bertz CT molecular complexity index is 483. The molecule has 0 saturated carbocycles. The van der Waals surface area contributed by atoms with Gasteiger partial charge in [-0.2, -0.15) is 0 Å². The molecule has 0 aliphatic rings. The van der Waals surface area contributed by atoms with E-state index in [1.165, 1.54) is 0 Å². The lowest BCUT2D eigenvalue weighted by molar-refractivity contribution is 0.0707. The lowest BCUT2D eigenvalue weighted by atomic mass is 10.0. The summed E-state index contributed by atoms with van der Waals surface area (Å²) in [6.07, 6.45) is 0. The van der Waals surface area contributed by atoms with Gasteiger partial charge in [0.05, 0.1) is 0 Å². The van der Waals surface area contributed by atoms with Crippen LogP contribution in [0.5, 0.6) is 0 Å². The van der Waals surface area contributed by atoms with Gasteiger partial charge in [-0.25, -0.2) is 0 Å². The third-order valence-corrected chi connectivity index (χ3v) is 3.41. The van der Waals surface area contributed by atoms with Crippen LogP contribution in [0.1, 0.15) is 36.7 Å². The maximum absolute atomic E-state index is 12.3. The molecule has 19 heavy (non-hydrogen) atoms. The van der Waals surface area contributed by atoms with Crippen molar-refractivity contribution in [2.45, 2.75) is 26.8 Å². The number of carbonyl (C=O) groups is 1. The predicted octanol–water partition coefficient (Wildman–Crippen LogP) is 1.90. The fourth-order valence-corrected chi connectivity index (χ4v) is 1.71. The van der Waals surface area contributed by atoms with Crippen molar-refractivity contribution in [3.63, 3.8) is 0 Å². The Balaban J connectivity index is 3.00. The fraction of sp³-hybridized carbons (Fsp3) is 0.429. The first-order valence-electron chi connectivity index (χ1n) is 6.23. The second-order valence-corrected chi connectivity index (χ2v) is 4.97. The number of rotatable bonds is 4. The fourth-order valence-electron chi connectivity index (χ4n) is 1.71. The van der Waals surface area contributed by atoms with Crippen LogP contribution >= 0.6 is 0 Å². The Morgan fingerprint density at radius 3 is 2.42 bits per heavy atom. The molecule has 5 heteroatoms. The van der Waals surface area contributed by atoms with E-state index < -0.39 is 0 Å². The zero-order chi connectivity index (χ0) is 14.6. The minimum absolute atomic E-state index is 0.00536. The number of carbonyl (C=O) groups excluding carboxylic acids is 1. The maximum Gasteiger partial charge on any atom is 0.253 e. The Kier molecular flexibility index (Phi) is 4.92. The van der Waals surface area contributed by atoms with Gasteiger partial charge >= 0.3 is 0 Å². The standard InChI is InChI=1S/C14H21N3O2/c1-9(2)10(3)17(4)14(18)12-7-5-6-11(8-12)13(15)16-19/h5-10,19H,1-4H3,(H2,15,16). The molecule has 104 valence electrons. The van der Waals surface area contributed by atoms with Crippen LogP contribution in [0, 0.1) is 5.92 Å². The molecule has 0 fully saturated rings. The molecule has 5 nitrogen and oxygen atoms in total. The summed E-state index contributed by atoms with van der Waals surface area (Å²) in [7, 11) is 1.78. The number of oxime groups is 1. The van der Waals surface area contributed by atoms with E-state index >= 15 is 0 Å². The number of hydrogen-bond donors (Lipinski definition) is 2. The number of nitrogens with two attached hydrogens (primary N) is 1. The zero-order valence-corrected chi connectivity index (χ0v) is 11.8. The summed E-state index contributed by atoms with van der Waals surface area (Å²) in [4.78, 5) is 14.0. The molecule has 1 atom stereocenters. The Labute approximate surface area is 113 Å². The summed E-state index contributed by atoms with van der Waals surface area (Å²) in [5.41, 5.74) is 6.58.